The topological polar surface area (TPSA) is 0 Å². The first-order valence-electron chi connectivity index (χ1n) is 4.50. The van der Waals surface area contributed by atoms with Crippen molar-refractivity contribution in [2.24, 2.45) is 0 Å². The summed E-state index contributed by atoms with van der Waals surface area (Å²) in [5.74, 6) is -0.0745. The number of hydrogen-bond acceptors (Lipinski definition) is 2. The second-order valence-corrected chi connectivity index (χ2v) is 5.29. The first-order chi connectivity index (χ1) is 6.74. The molecule has 0 aliphatic carbocycles. The summed E-state index contributed by atoms with van der Waals surface area (Å²) < 4.78 is 15.7. The van der Waals surface area contributed by atoms with Crippen molar-refractivity contribution in [2.75, 3.05) is 6.26 Å². The Kier molecular flexibility index (Phi) is 2.79. The van der Waals surface area contributed by atoms with Gasteiger partial charge in [0.2, 0.25) is 0 Å². The minimum absolute atomic E-state index is 0.0745. The van der Waals surface area contributed by atoms with Crippen LogP contribution in [0.15, 0.2) is 22.4 Å². The third-order valence-corrected chi connectivity index (χ3v) is 4.41. The van der Waals surface area contributed by atoms with E-state index in [0.29, 0.717) is 0 Å². The highest BCUT2D eigenvalue weighted by Gasteiger charge is 2.06. The molecule has 0 spiro atoms. The van der Waals surface area contributed by atoms with Gasteiger partial charge in [0.25, 0.3) is 0 Å². The molecule has 14 heavy (non-hydrogen) atoms. The van der Waals surface area contributed by atoms with Crippen LogP contribution in [0.25, 0.3) is 10.1 Å². The zero-order valence-corrected chi connectivity index (χ0v) is 9.77. The second-order valence-electron chi connectivity index (χ2n) is 3.10. The molecule has 0 fully saturated rings. The molecule has 0 radical (unpaired) electrons. The fourth-order valence-corrected chi connectivity index (χ4v) is 3.10. The van der Waals surface area contributed by atoms with E-state index >= 15 is 0 Å². The van der Waals surface area contributed by atoms with E-state index in [1.165, 1.54) is 4.21 Å². The smallest absolute Gasteiger partial charge is 0.127 e. The molecule has 1 aromatic carbocycles. The van der Waals surface area contributed by atoms with Crippen LogP contribution in [0.1, 0.15) is 12.5 Å². The minimum Gasteiger partial charge on any atom is -0.207 e. The Labute approximate surface area is 91.1 Å². The zero-order chi connectivity index (χ0) is 10.1. The molecule has 0 unspecified atom stereocenters. The van der Waals surface area contributed by atoms with Crippen molar-refractivity contribution in [1.82, 2.24) is 0 Å². The molecule has 74 valence electrons. The van der Waals surface area contributed by atoms with Crippen molar-refractivity contribution in [3.05, 3.63) is 29.6 Å². The monoisotopic (exact) mass is 226 g/mol. The van der Waals surface area contributed by atoms with Crippen molar-refractivity contribution in [3.8, 4) is 0 Å². The molecular weight excluding hydrogens is 215 g/mol. The fourth-order valence-electron chi connectivity index (χ4n) is 1.46. The van der Waals surface area contributed by atoms with Gasteiger partial charge in [-0.2, -0.15) is 0 Å². The van der Waals surface area contributed by atoms with Gasteiger partial charge in [0.1, 0.15) is 5.82 Å². The van der Waals surface area contributed by atoms with Crippen LogP contribution in [0.4, 0.5) is 4.39 Å². The lowest BCUT2D eigenvalue weighted by atomic mass is 10.1. The Morgan fingerprint density at radius 2 is 2.14 bits per heavy atom. The first-order valence-corrected chi connectivity index (χ1v) is 6.54. The molecular formula is C11H11FS2. The Morgan fingerprint density at radius 1 is 1.36 bits per heavy atom. The predicted molar refractivity (Wildman–Crippen MR) is 62.9 cm³/mol. The van der Waals surface area contributed by atoms with E-state index < -0.39 is 0 Å². The van der Waals surface area contributed by atoms with Crippen LogP contribution < -0.4 is 0 Å². The first kappa shape index (κ1) is 9.99. The summed E-state index contributed by atoms with van der Waals surface area (Å²) in [6.45, 7) is 1.98. The largest absolute Gasteiger partial charge is 0.207 e. The molecule has 3 heteroatoms. The Hall–Kier alpha value is -0.540. The molecule has 0 nitrogen and oxygen atoms in total. The fraction of sp³-hybridized carbons (Fsp3) is 0.273. The van der Waals surface area contributed by atoms with Crippen LogP contribution in [-0.2, 0) is 6.42 Å². The average molecular weight is 226 g/mol. The van der Waals surface area contributed by atoms with Crippen LogP contribution in [0.5, 0.6) is 0 Å². The zero-order valence-electron chi connectivity index (χ0n) is 8.13. The Bertz CT molecular complexity index is 460. The van der Waals surface area contributed by atoms with Crippen LogP contribution in [0.2, 0.25) is 0 Å². The number of thioether (sulfide) groups is 1. The normalized spacial score (nSPS) is 11.1. The average Bonchev–Trinajstić information content (AvgIpc) is 2.58. The van der Waals surface area contributed by atoms with E-state index in [4.69, 9.17) is 0 Å². The molecule has 0 aliphatic rings. The summed E-state index contributed by atoms with van der Waals surface area (Å²) in [5.41, 5.74) is 0.808. The standard InChI is InChI=1S/C11H11FS2/c1-3-7-4-8-5-11(13-2)14-10(8)6-9(7)12/h4-6H,3H2,1-2H3. The van der Waals surface area contributed by atoms with Gasteiger partial charge in [-0.15, -0.1) is 23.1 Å². The number of benzene rings is 1. The summed E-state index contributed by atoms with van der Waals surface area (Å²) in [5, 5.41) is 1.16. The van der Waals surface area contributed by atoms with Gasteiger partial charge in [-0.3, -0.25) is 0 Å². The van der Waals surface area contributed by atoms with Crippen molar-refractivity contribution in [3.63, 3.8) is 0 Å². The molecule has 1 heterocycles. The Morgan fingerprint density at radius 3 is 2.79 bits per heavy atom. The summed E-state index contributed by atoms with van der Waals surface area (Å²) in [4.78, 5) is 0. The van der Waals surface area contributed by atoms with Crippen LogP contribution >= 0.6 is 23.1 Å². The number of thiophene rings is 1. The summed E-state index contributed by atoms with van der Waals surface area (Å²) in [6, 6.07) is 5.74. The second kappa shape index (κ2) is 3.91. The molecule has 2 aromatic rings. The third-order valence-electron chi connectivity index (χ3n) is 2.24. The highest BCUT2D eigenvalue weighted by atomic mass is 32.2. The highest BCUT2D eigenvalue weighted by Crippen LogP contribution is 2.33. The van der Waals surface area contributed by atoms with E-state index in [1.807, 2.05) is 19.2 Å². The van der Waals surface area contributed by atoms with E-state index in [9.17, 15) is 4.39 Å². The van der Waals surface area contributed by atoms with Crippen molar-refractivity contribution in [2.45, 2.75) is 17.6 Å². The van der Waals surface area contributed by atoms with Crippen LogP contribution in [0.3, 0.4) is 0 Å². The van der Waals surface area contributed by atoms with Gasteiger partial charge in [0.15, 0.2) is 0 Å². The quantitative estimate of drug-likeness (QED) is 0.687. The molecule has 0 saturated heterocycles. The number of aryl methyl sites for hydroxylation is 1. The third kappa shape index (κ3) is 1.66. The lowest BCUT2D eigenvalue weighted by molar-refractivity contribution is 0.614. The van der Waals surface area contributed by atoms with Crippen molar-refractivity contribution >= 4 is 33.2 Å². The molecule has 0 bridgehead atoms. The molecule has 0 atom stereocenters. The predicted octanol–water partition coefficient (Wildman–Crippen LogP) is 4.32. The van der Waals surface area contributed by atoms with Gasteiger partial charge in [0.05, 0.1) is 4.21 Å². The number of hydrogen-bond donors (Lipinski definition) is 0. The Balaban J connectivity index is 2.64. The molecule has 0 N–H and O–H groups in total. The maximum Gasteiger partial charge on any atom is 0.127 e. The minimum atomic E-state index is -0.0745. The lowest BCUT2D eigenvalue weighted by Crippen LogP contribution is -1.85. The molecule has 0 saturated carbocycles. The van der Waals surface area contributed by atoms with E-state index in [2.05, 4.69) is 6.07 Å². The maximum absolute atomic E-state index is 13.4. The molecule has 2 rings (SSSR count). The molecule has 1 aromatic heterocycles. The molecule has 0 amide bonds. The number of halogens is 1. The van der Waals surface area contributed by atoms with Crippen LogP contribution in [0, 0.1) is 5.82 Å². The van der Waals surface area contributed by atoms with Gasteiger partial charge >= 0.3 is 0 Å². The van der Waals surface area contributed by atoms with E-state index in [0.717, 1.165) is 22.1 Å². The van der Waals surface area contributed by atoms with Gasteiger partial charge in [0, 0.05) is 4.70 Å². The number of fused-ring (bicyclic) bond motifs is 1. The maximum atomic E-state index is 13.4. The summed E-state index contributed by atoms with van der Waals surface area (Å²) in [6.07, 6.45) is 2.80. The van der Waals surface area contributed by atoms with Gasteiger partial charge in [-0.05, 0) is 41.8 Å². The number of rotatable bonds is 2. The van der Waals surface area contributed by atoms with Crippen molar-refractivity contribution < 1.29 is 4.39 Å². The summed E-state index contributed by atoms with van der Waals surface area (Å²) in [7, 11) is 0. The van der Waals surface area contributed by atoms with Gasteiger partial charge in [-0.25, -0.2) is 4.39 Å². The van der Waals surface area contributed by atoms with E-state index in [1.54, 1.807) is 29.2 Å². The van der Waals surface area contributed by atoms with Gasteiger partial charge < -0.3 is 0 Å². The van der Waals surface area contributed by atoms with Gasteiger partial charge in [-0.1, -0.05) is 6.92 Å². The summed E-state index contributed by atoms with van der Waals surface area (Å²) >= 11 is 3.36. The van der Waals surface area contributed by atoms with Crippen molar-refractivity contribution in [1.29, 1.82) is 0 Å². The molecule has 0 aliphatic heterocycles. The SMILES string of the molecule is CCc1cc2cc(SC)sc2cc1F. The highest BCUT2D eigenvalue weighted by molar-refractivity contribution is 8.00. The van der Waals surface area contributed by atoms with E-state index in [-0.39, 0.29) is 5.82 Å². The van der Waals surface area contributed by atoms with Crippen LogP contribution in [-0.4, -0.2) is 6.26 Å². The lowest BCUT2D eigenvalue weighted by Gasteiger charge is -1.98.